The molecule has 1 aliphatic heterocycles. The van der Waals surface area contributed by atoms with Gasteiger partial charge in [-0.15, -0.1) is 0 Å². The minimum Gasteiger partial charge on any atom is -0.267 e. The number of anilines is 1. The smallest absolute Gasteiger partial charge is 0.267 e. The van der Waals surface area contributed by atoms with Gasteiger partial charge in [0.1, 0.15) is 0 Å². The zero-order valence-corrected chi connectivity index (χ0v) is 12.7. The molecule has 1 aliphatic rings. The molecular weight excluding hydrogens is 272 g/mol. The monoisotopic (exact) mass is 290 g/mol. The fourth-order valence-corrected chi connectivity index (χ4v) is 2.45. The van der Waals surface area contributed by atoms with E-state index in [9.17, 15) is 4.79 Å². The first-order valence-electron chi connectivity index (χ1n) is 7.42. The van der Waals surface area contributed by atoms with Crippen molar-refractivity contribution >= 4 is 23.4 Å². The fraction of sp³-hybridized carbons (Fsp3) is 0.158. The quantitative estimate of drug-likeness (QED) is 0.782. The summed E-state index contributed by atoms with van der Waals surface area (Å²) in [4.78, 5) is 12.8. The van der Waals surface area contributed by atoms with Crippen LogP contribution in [0.3, 0.4) is 0 Å². The molecule has 3 heteroatoms. The first-order valence-corrected chi connectivity index (χ1v) is 7.42. The fourth-order valence-electron chi connectivity index (χ4n) is 2.45. The normalized spacial score (nSPS) is 16.5. The average Bonchev–Trinajstić information content (AvgIpc) is 2.87. The maximum atomic E-state index is 12.8. The summed E-state index contributed by atoms with van der Waals surface area (Å²) in [5, 5.41) is 6.04. The van der Waals surface area contributed by atoms with Crippen LogP contribution in [0.4, 0.5) is 5.69 Å². The van der Waals surface area contributed by atoms with Gasteiger partial charge in [-0.2, -0.15) is 10.1 Å². The van der Waals surface area contributed by atoms with Crippen LogP contribution in [-0.4, -0.2) is 11.6 Å². The lowest BCUT2D eigenvalue weighted by atomic mass is 9.98. The van der Waals surface area contributed by atoms with Crippen molar-refractivity contribution in [2.24, 2.45) is 11.0 Å². The van der Waals surface area contributed by atoms with Gasteiger partial charge in [0.25, 0.3) is 5.91 Å². The first-order chi connectivity index (χ1) is 10.7. The highest BCUT2D eigenvalue weighted by Crippen LogP contribution is 2.27. The molecule has 0 bridgehead atoms. The number of hydrogen-bond acceptors (Lipinski definition) is 2. The summed E-state index contributed by atoms with van der Waals surface area (Å²) < 4.78 is 0. The number of rotatable bonds is 3. The lowest BCUT2D eigenvalue weighted by Gasteiger charge is -2.10. The number of carbonyl (C=O) groups is 1. The van der Waals surface area contributed by atoms with Crippen LogP contribution in [0.1, 0.15) is 19.4 Å². The molecule has 22 heavy (non-hydrogen) atoms. The Kier molecular flexibility index (Phi) is 3.88. The summed E-state index contributed by atoms with van der Waals surface area (Å²) in [7, 11) is 0. The van der Waals surface area contributed by atoms with E-state index in [1.165, 1.54) is 5.01 Å². The van der Waals surface area contributed by atoms with E-state index >= 15 is 0 Å². The Hall–Kier alpha value is -2.68. The maximum absolute atomic E-state index is 12.8. The molecule has 0 unspecified atom stereocenters. The van der Waals surface area contributed by atoms with Crippen LogP contribution in [0.15, 0.2) is 71.3 Å². The molecule has 0 saturated heterocycles. The van der Waals surface area contributed by atoms with Gasteiger partial charge in [-0.3, -0.25) is 4.79 Å². The number of para-hydroxylation sites is 1. The van der Waals surface area contributed by atoms with E-state index in [0.717, 1.165) is 17.0 Å². The molecule has 0 aromatic heterocycles. The van der Waals surface area contributed by atoms with E-state index in [1.807, 2.05) is 66.7 Å². The van der Waals surface area contributed by atoms with Gasteiger partial charge in [0.2, 0.25) is 0 Å². The largest absolute Gasteiger partial charge is 0.280 e. The summed E-state index contributed by atoms with van der Waals surface area (Å²) in [6.45, 7) is 4.11. The minimum absolute atomic E-state index is 0.0706. The van der Waals surface area contributed by atoms with Crippen molar-refractivity contribution in [3.8, 4) is 0 Å². The summed E-state index contributed by atoms with van der Waals surface area (Å²) in [6.07, 6.45) is 1.92. The Bertz CT molecular complexity index is 731. The van der Waals surface area contributed by atoms with E-state index in [-0.39, 0.29) is 11.8 Å². The van der Waals surface area contributed by atoms with Crippen molar-refractivity contribution < 1.29 is 4.79 Å². The van der Waals surface area contributed by atoms with E-state index < -0.39 is 0 Å². The Morgan fingerprint density at radius 1 is 0.955 bits per heavy atom. The first kappa shape index (κ1) is 14.3. The molecule has 3 rings (SSSR count). The van der Waals surface area contributed by atoms with Crippen LogP contribution in [0.5, 0.6) is 0 Å². The summed E-state index contributed by atoms with van der Waals surface area (Å²) >= 11 is 0. The van der Waals surface area contributed by atoms with Crippen molar-refractivity contribution in [2.45, 2.75) is 13.8 Å². The van der Waals surface area contributed by atoms with E-state index in [1.54, 1.807) is 0 Å². The molecule has 1 heterocycles. The second-order valence-corrected chi connectivity index (χ2v) is 5.56. The molecule has 0 saturated carbocycles. The summed E-state index contributed by atoms with van der Waals surface area (Å²) in [5.74, 6) is 0.117. The van der Waals surface area contributed by atoms with E-state index in [4.69, 9.17) is 0 Å². The van der Waals surface area contributed by atoms with E-state index in [0.29, 0.717) is 5.57 Å². The van der Waals surface area contributed by atoms with Crippen molar-refractivity contribution in [3.63, 3.8) is 0 Å². The van der Waals surface area contributed by atoms with Gasteiger partial charge in [-0.1, -0.05) is 62.4 Å². The molecule has 0 spiro atoms. The Morgan fingerprint density at radius 3 is 2.14 bits per heavy atom. The highest BCUT2D eigenvalue weighted by molar-refractivity contribution is 6.33. The molecule has 0 N–H and O–H groups in total. The Balaban J connectivity index is 2.03. The average molecular weight is 290 g/mol. The number of hydrogen-bond donors (Lipinski definition) is 0. The second kappa shape index (κ2) is 5.98. The third-order valence-electron chi connectivity index (χ3n) is 3.56. The number of benzene rings is 2. The van der Waals surface area contributed by atoms with Crippen molar-refractivity contribution in [1.82, 2.24) is 0 Å². The number of amides is 1. The number of nitrogens with zero attached hydrogens (tertiary/aromatic N) is 2. The highest BCUT2D eigenvalue weighted by Gasteiger charge is 2.32. The lowest BCUT2D eigenvalue weighted by Crippen LogP contribution is -2.21. The number of carbonyl (C=O) groups excluding carboxylic acids is 1. The predicted molar refractivity (Wildman–Crippen MR) is 90.6 cm³/mol. The molecule has 0 aliphatic carbocycles. The molecule has 0 fully saturated rings. The van der Waals surface area contributed by atoms with Gasteiger partial charge < -0.3 is 0 Å². The minimum atomic E-state index is -0.0706. The third-order valence-corrected chi connectivity index (χ3v) is 3.56. The topological polar surface area (TPSA) is 32.7 Å². The van der Waals surface area contributed by atoms with Crippen LogP contribution in [0.2, 0.25) is 0 Å². The van der Waals surface area contributed by atoms with Crippen LogP contribution in [0.25, 0.3) is 6.08 Å². The zero-order valence-electron chi connectivity index (χ0n) is 12.7. The molecule has 2 aromatic carbocycles. The molecular formula is C19H18N2O. The third kappa shape index (κ3) is 2.70. The Morgan fingerprint density at radius 2 is 1.55 bits per heavy atom. The molecule has 2 aromatic rings. The SMILES string of the molecule is CC(C)C1=NN(c2ccccc2)C(=O)/C1=C/c1ccccc1. The van der Waals surface area contributed by atoms with Gasteiger partial charge in [-0.25, -0.2) is 0 Å². The standard InChI is InChI=1S/C19H18N2O/c1-14(2)18-17(13-15-9-5-3-6-10-15)19(22)21(20-18)16-11-7-4-8-12-16/h3-14H,1-2H3/b17-13+. The van der Waals surface area contributed by atoms with Gasteiger partial charge in [-0.05, 0) is 29.7 Å². The lowest BCUT2D eigenvalue weighted by molar-refractivity contribution is -0.114. The maximum Gasteiger partial charge on any atom is 0.280 e. The molecule has 3 nitrogen and oxygen atoms in total. The zero-order chi connectivity index (χ0) is 15.5. The predicted octanol–water partition coefficient (Wildman–Crippen LogP) is 4.13. The molecule has 0 atom stereocenters. The van der Waals surface area contributed by atoms with Crippen molar-refractivity contribution in [1.29, 1.82) is 0 Å². The van der Waals surface area contributed by atoms with E-state index in [2.05, 4.69) is 18.9 Å². The van der Waals surface area contributed by atoms with Crippen LogP contribution in [0, 0.1) is 5.92 Å². The van der Waals surface area contributed by atoms with Crippen LogP contribution < -0.4 is 5.01 Å². The van der Waals surface area contributed by atoms with Crippen LogP contribution >= 0.6 is 0 Å². The van der Waals surface area contributed by atoms with Crippen LogP contribution in [-0.2, 0) is 4.79 Å². The number of hydrazone groups is 1. The van der Waals surface area contributed by atoms with Gasteiger partial charge in [0, 0.05) is 0 Å². The molecule has 1 amide bonds. The summed E-state index contributed by atoms with van der Waals surface area (Å²) in [5.41, 5.74) is 3.30. The molecule has 0 radical (unpaired) electrons. The highest BCUT2D eigenvalue weighted by atomic mass is 16.2. The van der Waals surface area contributed by atoms with Crippen molar-refractivity contribution in [2.75, 3.05) is 5.01 Å². The van der Waals surface area contributed by atoms with Gasteiger partial charge in [0.15, 0.2) is 0 Å². The van der Waals surface area contributed by atoms with Crippen molar-refractivity contribution in [3.05, 3.63) is 71.8 Å². The van der Waals surface area contributed by atoms with Gasteiger partial charge in [0.05, 0.1) is 17.0 Å². The van der Waals surface area contributed by atoms with Gasteiger partial charge >= 0.3 is 0 Å². The summed E-state index contributed by atoms with van der Waals surface area (Å²) in [6, 6.07) is 19.4. The molecule has 110 valence electrons. The second-order valence-electron chi connectivity index (χ2n) is 5.56. The Labute approximate surface area is 130 Å².